The van der Waals surface area contributed by atoms with Gasteiger partial charge in [-0.25, -0.2) is 0 Å². The van der Waals surface area contributed by atoms with Crippen LogP contribution in [0.5, 0.6) is 0 Å². The molecule has 0 amide bonds. The number of benzene rings is 1. The van der Waals surface area contributed by atoms with Gasteiger partial charge in [0.1, 0.15) is 6.07 Å². The van der Waals surface area contributed by atoms with Crippen molar-refractivity contribution in [2.75, 3.05) is 0 Å². The van der Waals surface area contributed by atoms with E-state index in [4.69, 9.17) is 4.43 Å². The van der Waals surface area contributed by atoms with Gasteiger partial charge < -0.3 is 4.43 Å². The van der Waals surface area contributed by atoms with Crippen LogP contribution in [0.1, 0.15) is 18.1 Å². The molecule has 0 fully saturated rings. The Balaban J connectivity index is 3.06. The third-order valence-corrected chi connectivity index (χ3v) is 3.35. The number of hydrogen-bond donors (Lipinski definition) is 0. The van der Waals surface area contributed by atoms with E-state index in [1.165, 1.54) is 5.56 Å². The van der Waals surface area contributed by atoms with Crippen LogP contribution < -0.4 is 0 Å². The molecule has 3 heteroatoms. The molecule has 16 heavy (non-hydrogen) atoms. The fourth-order valence-electron chi connectivity index (χ4n) is 1.63. The molecule has 86 valence electrons. The van der Waals surface area contributed by atoms with Crippen molar-refractivity contribution in [2.45, 2.75) is 39.1 Å². The van der Waals surface area contributed by atoms with Crippen molar-refractivity contribution in [1.82, 2.24) is 0 Å². The standard InChI is InChI=1S/C13H19NOSi/c1-11-6-8-12(9-7-11)13(2,10-14)15-16(3,4)5/h6-9H,1-5H3/t13-/m1/s1. The summed E-state index contributed by atoms with van der Waals surface area (Å²) in [5.41, 5.74) is 1.30. The first-order valence-corrected chi connectivity index (χ1v) is 8.86. The molecule has 1 aromatic rings. The monoisotopic (exact) mass is 233 g/mol. The van der Waals surface area contributed by atoms with E-state index in [1.54, 1.807) is 0 Å². The SMILES string of the molecule is Cc1ccc([C@@](C)(C#N)O[Si](C)(C)C)cc1. The smallest absolute Gasteiger partial charge is 0.186 e. The zero-order valence-corrected chi connectivity index (χ0v) is 11.7. The number of rotatable bonds is 3. The van der Waals surface area contributed by atoms with Gasteiger partial charge >= 0.3 is 0 Å². The molecule has 0 unspecified atom stereocenters. The zero-order chi connectivity index (χ0) is 12.4. The summed E-state index contributed by atoms with van der Waals surface area (Å²) in [7, 11) is -1.73. The minimum Gasteiger partial charge on any atom is -0.397 e. The van der Waals surface area contributed by atoms with E-state index in [1.807, 2.05) is 38.1 Å². The van der Waals surface area contributed by atoms with Crippen LogP contribution in [0.3, 0.4) is 0 Å². The highest BCUT2D eigenvalue weighted by Gasteiger charge is 2.33. The van der Waals surface area contributed by atoms with Crippen molar-refractivity contribution >= 4 is 8.32 Å². The van der Waals surface area contributed by atoms with Crippen LogP contribution in [0, 0.1) is 18.3 Å². The predicted molar refractivity (Wildman–Crippen MR) is 68.6 cm³/mol. The highest BCUT2D eigenvalue weighted by Crippen LogP contribution is 2.28. The molecule has 0 aliphatic heterocycles. The summed E-state index contributed by atoms with van der Waals surface area (Å²) >= 11 is 0. The zero-order valence-electron chi connectivity index (χ0n) is 10.7. The molecule has 0 radical (unpaired) electrons. The molecule has 0 spiro atoms. The van der Waals surface area contributed by atoms with Crippen LogP contribution in [-0.4, -0.2) is 8.32 Å². The maximum atomic E-state index is 9.32. The van der Waals surface area contributed by atoms with Gasteiger partial charge in [-0.15, -0.1) is 0 Å². The first-order chi connectivity index (χ1) is 7.27. The quantitative estimate of drug-likeness (QED) is 0.747. The van der Waals surface area contributed by atoms with E-state index < -0.39 is 13.9 Å². The third-order valence-electron chi connectivity index (χ3n) is 2.33. The second kappa shape index (κ2) is 4.40. The lowest BCUT2D eigenvalue weighted by Crippen LogP contribution is -2.37. The Bertz CT molecular complexity index is 399. The fraction of sp³-hybridized carbons (Fsp3) is 0.462. The van der Waals surface area contributed by atoms with Gasteiger partial charge in [-0.05, 0) is 39.1 Å². The van der Waals surface area contributed by atoms with Gasteiger partial charge in [0.05, 0.1) is 0 Å². The first-order valence-electron chi connectivity index (χ1n) is 5.45. The van der Waals surface area contributed by atoms with Gasteiger partial charge in [0.15, 0.2) is 13.9 Å². The molecule has 1 atom stereocenters. The Labute approximate surface area is 99.0 Å². The van der Waals surface area contributed by atoms with Gasteiger partial charge in [-0.2, -0.15) is 5.26 Å². The summed E-state index contributed by atoms with van der Waals surface area (Å²) in [4.78, 5) is 0. The Morgan fingerprint density at radius 2 is 1.69 bits per heavy atom. The van der Waals surface area contributed by atoms with Crippen molar-refractivity contribution in [3.05, 3.63) is 35.4 Å². The van der Waals surface area contributed by atoms with E-state index in [-0.39, 0.29) is 0 Å². The molecule has 2 nitrogen and oxygen atoms in total. The second-order valence-electron chi connectivity index (χ2n) is 5.23. The Morgan fingerprint density at radius 3 is 2.06 bits per heavy atom. The Kier molecular flexibility index (Phi) is 3.56. The highest BCUT2D eigenvalue weighted by molar-refractivity contribution is 6.69. The van der Waals surface area contributed by atoms with Crippen molar-refractivity contribution in [3.63, 3.8) is 0 Å². The molecule has 0 aromatic heterocycles. The Morgan fingerprint density at radius 1 is 1.19 bits per heavy atom. The lowest BCUT2D eigenvalue weighted by Gasteiger charge is -2.30. The predicted octanol–water partition coefficient (Wildman–Crippen LogP) is 3.59. The summed E-state index contributed by atoms with van der Waals surface area (Å²) in [5.74, 6) is 0. The topological polar surface area (TPSA) is 33.0 Å². The Hall–Kier alpha value is -1.11. The van der Waals surface area contributed by atoms with Gasteiger partial charge in [-0.3, -0.25) is 0 Å². The van der Waals surface area contributed by atoms with Crippen LogP contribution in [0.15, 0.2) is 24.3 Å². The molecule has 0 aliphatic rings. The van der Waals surface area contributed by atoms with E-state index in [0.717, 1.165) is 5.56 Å². The maximum absolute atomic E-state index is 9.32. The lowest BCUT2D eigenvalue weighted by atomic mass is 9.97. The summed E-state index contributed by atoms with van der Waals surface area (Å²) in [6.07, 6.45) is 0. The normalized spacial score (nSPS) is 15.2. The molecule has 0 N–H and O–H groups in total. The van der Waals surface area contributed by atoms with E-state index in [2.05, 4.69) is 25.7 Å². The number of nitrogens with zero attached hydrogens (tertiary/aromatic N) is 1. The van der Waals surface area contributed by atoms with Crippen molar-refractivity contribution in [3.8, 4) is 6.07 Å². The van der Waals surface area contributed by atoms with Crippen LogP contribution >= 0.6 is 0 Å². The second-order valence-corrected chi connectivity index (χ2v) is 9.65. The molecule has 0 heterocycles. The van der Waals surface area contributed by atoms with E-state index in [9.17, 15) is 5.26 Å². The molecule has 0 aliphatic carbocycles. The highest BCUT2D eigenvalue weighted by atomic mass is 28.4. The maximum Gasteiger partial charge on any atom is 0.186 e. The largest absolute Gasteiger partial charge is 0.397 e. The van der Waals surface area contributed by atoms with Crippen molar-refractivity contribution in [2.24, 2.45) is 0 Å². The van der Waals surface area contributed by atoms with Crippen molar-refractivity contribution < 1.29 is 4.43 Å². The summed E-state index contributed by atoms with van der Waals surface area (Å²) < 4.78 is 5.98. The molecule has 1 rings (SSSR count). The van der Waals surface area contributed by atoms with Gasteiger partial charge in [-0.1, -0.05) is 29.8 Å². The molecular formula is C13H19NOSi. The minimum absolute atomic E-state index is 0.821. The molecule has 0 saturated carbocycles. The third kappa shape index (κ3) is 3.19. The number of hydrogen-bond acceptors (Lipinski definition) is 2. The van der Waals surface area contributed by atoms with Crippen LogP contribution in [-0.2, 0) is 10.0 Å². The molecular weight excluding hydrogens is 214 g/mol. The van der Waals surface area contributed by atoms with Gasteiger partial charge in [0.25, 0.3) is 0 Å². The summed E-state index contributed by atoms with van der Waals surface area (Å²) in [5, 5.41) is 9.32. The van der Waals surface area contributed by atoms with E-state index >= 15 is 0 Å². The van der Waals surface area contributed by atoms with Gasteiger partial charge in [0.2, 0.25) is 0 Å². The summed E-state index contributed by atoms with van der Waals surface area (Å²) in [6.45, 7) is 10.2. The van der Waals surface area contributed by atoms with Gasteiger partial charge in [0, 0.05) is 0 Å². The van der Waals surface area contributed by atoms with E-state index in [0.29, 0.717) is 0 Å². The van der Waals surface area contributed by atoms with Crippen LogP contribution in [0.2, 0.25) is 19.6 Å². The first kappa shape index (κ1) is 13.0. The van der Waals surface area contributed by atoms with Crippen LogP contribution in [0.4, 0.5) is 0 Å². The minimum atomic E-state index is -1.73. The van der Waals surface area contributed by atoms with Crippen LogP contribution in [0.25, 0.3) is 0 Å². The fourth-order valence-corrected chi connectivity index (χ4v) is 3.02. The number of nitriles is 1. The lowest BCUT2D eigenvalue weighted by molar-refractivity contribution is 0.141. The molecule has 0 saturated heterocycles. The average molecular weight is 233 g/mol. The van der Waals surface area contributed by atoms with Crippen molar-refractivity contribution in [1.29, 1.82) is 5.26 Å². The molecule has 1 aromatic carbocycles. The average Bonchev–Trinajstić information content (AvgIpc) is 2.16. The summed E-state index contributed by atoms with van der Waals surface area (Å²) in [6, 6.07) is 10.2. The molecule has 0 bridgehead atoms. The number of aryl methyl sites for hydroxylation is 1.